The zero-order valence-electron chi connectivity index (χ0n) is 29.0. The van der Waals surface area contributed by atoms with Crippen LogP contribution in [-0.2, 0) is 23.9 Å². The maximum Gasteiger partial charge on any atom is 0.235 e. The van der Waals surface area contributed by atoms with E-state index in [1.807, 2.05) is 0 Å². The first-order valence-electron chi connectivity index (χ1n) is 18.9. The number of hydrogen-bond acceptors (Lipinski definition) is 5. The molecule has 0 aromatic heterocycles. The minimum absolute atomic E-state index is 0.0157. The van der Waals surface area contributed by atoms with E-state index in [1.54, 1.807) is 0 Å². The average molecular weight is 630 g/mol. The van der Waals surface area contributed by atoms with Gasteiger partial charge in [-0.3, -0.25) is 24.1 Å². The maximum atomic E-state index is 13.8. The quantitative estimate of drug-likeness (QED) is 0.115. The SMILES string of the molecule is CCCCCCCCN1C(=O)[C@@H]2[C@@H]3O[C@H]([C@@H]2C1=O)[C@@H]1[C@H]3[C@H](C(=O)NCC(CC)CCCC)C[C@@H]1C(=O)NCC(CC)CCCC. The molecule has 3 saturated heterocycles. The molecule has 8 heteroatoms. The number of carbonyl (C=O) groups is 4. The summed E-state index contributed by atoms with van der Waals surface area (Å²) in [6, 6.07) is 0. The third-order valence-electron chi connectivity index (χ3n) is 11.8. The van der Waals surface area contributed by atoms with Gasteiger partial charge in [0.15, 0.2) is 0 Å². The topological polar surface area (TPSA) is 105 Å². The van der Waals surface area contributed by atoms with Crippen molar-refractivity contribution in [1.82, 2.24) is 15.5 Å². The zero-order chi connectivity index (χ0) is 32.5. The molecular formula is C37H63N3O5. The average Bonchev–Trinajstić information content (AvgIpc) is 3.78. The maximum absolute atomic E-state index is 13.8. The predicted octanol–water partition coefficient (Wildman–Crippen LogP) is 6.26. The summed E-state index contributed by atoms with van der Waals surface area (Å²) in [4.78, 5) is 56.6. The van der Waals surface area contributed by atoms with Crippen molar-refractivity contribution in [3.05, 3.63) is 0 Å². The number of carbonyl (C=O) groups excluding carboxylic acids is 4. The molecule has 4 fully saturated rings. The summed E-state index contributed by atoms with van der Waals surface area (Å²) < 4.78 is 6.50. The van der Waals surface area contributed by atoms with E-state index in [0.717, 1.165) is 70.6 Å². The fourth-order valence-electron chi connectivity index (χ4n) is 8.97. The molecule has 8 nitrogen and oxygen atoms in total. The van der Waals surface area contributed by atoms with Gasteiger partial charge in [-0.1, -0.05) is 105 Å². The number of likely N-dealkylation sites (tertiary alicyclic amines) is 1. The van der Waals surface area contributed by atoms with Gasteiger partial charge >= 0.3 is 0 Å². The Morgan fingerprint density at radius 3 is 1.58 bits per heavy atom. The molecule has 3 heterocycles. The minimum Gasteiger partial charge on any atom is -0.373 e. The zero-order valence-corrected chi connectivity index (χ0v) is 29.0. The first kappa shape index (κ1) is 35.9. The van der Waals surface area contributed by atoms with Crippen LogP contribution in [0.25, 0.3) is 0 Å². The van der Waals surface area contributed by atoms with Crippen LogP contribution in [-0.4, -0.2) is 60.4 Å². The number of amides is 4. The number of nitrogens with one attached hydrogen (secondary N) is 2. The first-order chi connectivity index (χ1) is 21.8. The molecule has 1 aliphatic carbocycles. The Bertz CT molecular complexity index is 935. The molecule has 4 amide bonds. The highest BCUT2D eigenvalue weighted by molar-refractivity contribution is 6.06. The summed E-state index contributed by atoms with van der Waals surface area (Å²) >= 11 is 0. The van der Waals surface area contributed by atoms with Crippen molar-refractivity contribution in [2.24, 2.45) is 47.3 Å². The van der Waals surface area contributed by atoms with E-state index in [0.29, 0.717) is 37.9 Å². The lowest BCUT2D eigenvalue weighted by Crippen LogP contribution is -2.46. The van der Waals surface area contributed by atoms with Gasteiger partial charge in [0.25, 0.3) is 0 Å². The summed E-state index contributed by atoms with van der Waals surface area (Å²) in [6.07, 6.45) is 14.8. The number of rotatable bonds is 21. The largest absolute Gasteiger partial charge is 0.373 e. The van der Waals surface area contributed by atoms with Gasteiger partial charge in [0.05, 0.1) is 24.0 Å². The number of imide groups is 1. The molecular weight excluding hydrogens is 566 g/mol. The van der Waals surface area contributed by atoms with Crippen molar-refractivity contribution < 1.29 is 23.9 Å². The van der Waals surface area contributed by atoms with Crippen molar-refractivity contribution in [2.45, 2.75) is 143 Å². The van der Waals surface area contributed by atoms with Crippen LogP contribution in [0, 0.1) is 47.3 Å². The standard InChI is InChI=1S/C37H63N3O5/c1-6-11-14-15-16-17-20-40-36(43)30-31(37(40)44)33-29-27(35(42)39-23-25(10-5)19-13-8-3)21-26(28(29)32(30)45-33)34(41)38-22-24(9-4)18-12-7-2/h24-33H,6-23H2,1-5H3,(H,38,41)(H,39,42)/t24?,25?,26-,27+,28-,29+,30+,31-,32-,33+. The molecule has 0 aromatic rings. The molecule has 4 rings (SSSR count). The first-order valence-corrected chi connectivity index (χ1v) is 18.9. The Kier molecular flexibility index (Phi) is 13.8. The molecule has 1 saturated carbocycles. The minimum atomic E-state index is -0.521. The summed E-state index contributed by atoms with van der Waals surface area (Å²) in [7, 11) is 0. The second-order valence-electron chi connectivity index (χ2n) is 14.6. The van der Waals surface area contributed by atoms with E-state index in [1.165, 1.54) is 24.2 Å². The summed E-state index contributed by atoms with van der Waals surface area (Å²) in [5.41, 5.74) is 0. The summed E-state index contributed by atoms with van der Waals surface area (Å²) in [6.45, 7) is 12.7. The fraction of sp³-hybridized carbons (Fsp3) is 0.892. The molecule has 256 valence electrons. The number of unbranched alkanes of at least 4 members (excludes halogenated alkanes) is 7. The third kappa shape index (κ3) is 7.96. The molecule has 0 spiro atoms. The van der Waals surface area contributed by atoms with E-state index < -0.39 is 24.0 Å². The lowest BCUT2D eigenvalue weighted by atomic mass is 9.67. The smallest absolute Gasteiger partial charge is 0.235 e. The van der Waals surface area contributed by atoms with Gasteiger partial charge in [-0.25, -0.2) is 0 Å². The second-order valence-corrected chi connectivity index (χ2v) is 14.6. The van der Waals surface area contributed by atoms with Crippen molar-refractivity contribution in [2.75, 3.05) is 19.6 Å². The van der Waals surface area contributed by atoms with Gasteiger partial charge in [0, 0.05) is 43.3 Å². The van der Waals surface area contributed by atoms with E-state index in [2.05, 4.69) is 45.3 Å². The third-order valence-corrected chi connectivity index (χ3v) is 11.8. The van der Waals surface area contributed by atoms with Crippen molar-refractivity contribution >= 4 is 23.6 Å². The number of nitrogens with zero attached hydrogens (tertiary/aromatic N) is 1. The van der Waals surface area contributed by atoms with Crippen LogP contribution in [0.5, 0.6) is 0 Å². The van der Waals surface area contributed by atoms with Gasteiger partial charge in [0.2, 0.25) is 23.6 Å². The van der Waals surface area contributed by atoms with Crippen molar-refractivity contribution in [3.8, 4) is 0 Å². The van der Waals surface area contributed by atoms with E-state index >= 15 is 0 Å². The van der Waals surface area contributed by atoms with Gasteiger partial charge in [0.1, 0.15) is 0 Å². The molecule has 3 aliphatic heterocycles. The van der Waals surface area contributed by atoms with Gasteiger partial charge < -0.3 is 15.4 Å². The number of ether oxygens (including phenoxy) is 1. The Balaban J connectivity index is 1.48. The van der Waals surface area contributed by atoms with E-state index in [-0.39, 0.29) is 47.3 Å². The van der Waals surface area contributed by atoms with E-state index in [9.17, 15) is 19.2 Å². The molecule has 45 heavy (non-hydrogen) atoms. The Morgan fingerprint density at radius 2 is 1.13 bits per heavy atom. The Hall–Kier alpha value is -1.96. The Morgan fingerprint density at radius 1 is 0.689 bits per heavy atom. The van der Waals surface area contributed by atoms with Crippen molar-refractivity contribution in [3.63, 3.8) is 0 Å². The van der Waals surface area contributed by atoms with Crippen LogP contribution in [0.15, 0.2) is 0 Å². The highest BCUT2D eigenvalue weighted by Crippen LogP contribution is 2.62. The monoisotopic (exact) mass is 629 g/mol. The highest BCUT2D eigenvalue weighted by Gasteiger charge is 2.73. The van der Waals surface area contributed by atoms with Gasteiger partial charge in [-0.15, -0.1) is 0 Å². The molecule has 2 unspecified atom stereocenters. The van der Waals surface area contributed by atoms with Crippen LogP contribution in [0.4, 0.5) is 0 Å². The molecule has 2 N–H and O–H groups in total. The molecule has 4 aliphatic rings. The summed E-state index contributed by atoms with van der Waals surface area (Å²) in [5.74, 6) is -1.64. The van der Waals surface area contributed by atoms with Crippen LogP contribution in [0.1, 0.15) is 131 Å². The lowest BCUT2D eigenvalue weighted by Gasteiger charge is -2.32. The molecule has 0 aromatic carbocycles. The Labute approximate surface area is 272 Å². The molecule has 10 atom stereocenters. The van der Waals surface area contributed by atoms with Crippen LogP contribution < -0.4 is 10.6 Å². The number of hydrogen-bond donors (Lipinski definition) is 2. The fourth-order valence-corrected chi connectivity index (χ4v) is 8.97. The number of fused-ring (bicyclic) bond motifs is 8. The predicted molar refractivity (Wildman–Crippen MR) is 177 cm³/mol. The van der Waals surface area contributed by atoms with Crippen LogP contribution in [0.2, 0.25) is 0 Å². The second kappa shape index (κ2) is 17.3. The van der Waals surface area contributed by atoms with E-state index in [4.69, 9.17) is 4.74 Å². The van der Waals surface area contributed by atoms with Gasteiger partial charge in [-0.2, -0.15) is 0 Å². The van der Waals surface area contributed by atoms with Crippen molar-refractivity contribution in [1.29, 1.82) is 0 Å². The molecule has 2 bridgehead atoms. The van der Waals surface area contributed by atoms with Gasteiger partial charge in [-0.05, 0) is 37.5 Å². The molecule has 0 radical (unpaired) electrons. The summed E-state index contributed by atoms with van der Waals surface area (Å²) in [5, 5.41) is 6.49. The van der Waals surface area contributed by atoms with Crippen LogP contribution in [0.3, 0.4) is 0 Å². The highest BCUT2D eigenvalue weighted by atomic mass is 16.5. The van der Waals surface area contributed by atoms with Crippen LogP contribution >= 0.6 is 0 Å². The lowest BCUT2D eigenvalue weighted by molar-refractivity contribution is -0.144. The normalized spacial score (nSPS) is 31.3.